The Kier molecular flexibility index (Phi) is 5.98. The van der Waals surface area contributed by atoms with Crippen LogP contribution >= 0.6 is 0 Å². The second-order valence-electron chi connectivity index (χ2n) is 8.88. The smallest absolute Gasteiger partial charge is 0.306 e. The number of carboxylic acid groups (broad SMARTS) is 1. The fraction of sp³-hybridized carbons (Fsp3) is 0.480. The van der Waals surface area contributed by atoms with Crippen molar-refractivity contribution in [1.82, 2.24) is 0 Å². The Bertz CT molecular complexity index is 902. The summed E-state index contributed by atoms with van der Waals surface area (Å²) in [6.07, 6.45) is 3.90. The van der Waals surface area contributed by atoms with E-state index in [1.807, 2.05) is 31.2 Å². The summed E-state index contributed by atoms with van der Waals surface area (Å²) in [4.78, 5) is 11.5. The molecule has 5 heteroatoms. The van der Waals surface area contributed by atoms with Crippen LogP contribution in [0.4, 0.5) is 4.39 Å². The zero-order valence-corrected chi connectivity index (χ0v) is 17.5. The predicted molar refractivity (Wildman–Crippen MR) is 112 cm³/mol. The van der Waals surface area contributed by atoms with Gasteiger partial charge in [0.25, 0.3) is 0 Å². The van der Waals surface area contributed by atoms with Gasteiger partial charge in [-0.2, -0.15) is 0 Å². The molecule has 0 bridgehead atoms. The molecule has 2 aromatic carbocycles. The van der Waals surface area contributed by atoms with Crippen LogP contribution in [0.5, 0.6) is 11.5 Å². The molecule has 0 amide bonds. The monoisotopic (exact) mass is 412 g/mol. The van der Waals surface area contributed by atoms with Crippen molar-refractivity contribution in [2.45, 2.75) is 51.6 Å². The number of aryl methyl sites for hydroxylation is 1. The van der Waals surface area contributed by atoms with Crippen LogP contribution in [-0.2, 0) is 4.79 Å². The summed E-state index contributed by atoms with van der Waals surface area (Å²) < 4.78 is 25.6. The van der Waals surface area contributed by atoms with Crippen molar-refractivity contribution in [3.63, 3.8) is 0 Å². The first-order valence-electron chi connectivity index (χ1n) is 10.8. The van der Waals surface area contributed by atoms with Gasteiger partial charge in [0.1, 0.15) is 5.75 Å². The molecule has 2 aliphatic carbocycles. The van der Waals surface area contributed by atoms with Gasteiger partial charge in [-0.05, 0) is 85.8 Å². The predicted octanol–water partition coefficient (Wildman–Crippen LogP) is 5.58. The van der Waals surface area contributed by atoms with E-state index in [0.29, 0.717) is 24.2 Å². The topological polar surface area (TPSA) is 55.8 Å². The minimum atomic E-state index is -0.747. The third-order valence-electron chi connectivity index (χ3n) is 6.36. The maximum absolute atomic E-state index is 13.8. The van der Waals surface area contributed by atoms with Crippen molar-refractivity contribution < 1.29 is 23.8 Å². The second-order valence-corrected chi connectivity index (χ2v) is 8.88. The lowest BCUT2D eigenvalue weighted by Crippen LogP contribution is -2.37. The zero-order chi connectivity index (χ0) is 21.3. The van der Waals surface area contributed by atoms with Gasteiger partial charge in [0, 0.05) is 0 Å². The first-order chi connectivity index (χ1) is 14.4. The zero-order valence-electron chi connectivity index (χ0n) is 17.5. The Morgan fingerprint density at radius 3 is 2.67 bits per heavy atom. The fourth-order valence-electron chi connectivity index (χ4n) is 4.39. The average Bonchev–Trinajstić information content (AvgIpc) is 3.51. The minimum absolute atomic E-state index is 0.0249. The van der Waals surface area contributed by atoms with Crippen LogP contribution in [0.15, 0.2) is 42.5 Å². The lowest BCUT2D eigenvalue weighted by molar-refractivity contribution is -0.142. The summed E-state index contributed by atoms with van der Waals surface area (Å²) in [6, 6.07) is 12.8. The van der Waals surface area contributed by atoms with Crippen molar-refractivity contribution in [2.24, 2.45) is 17.8 Å². The second kappa shape index (κ2) is 8.66. The Morgan fingerprint density at radius 2 is 1.97 bits per heavy atom. The van der Waals surface area contributed by atoms with E-state index in [-0.39, 0.29) is 17.8 Å². The van der Waals surface area contributed by atoms with Crippen molar-refractivity contribution in [2.75, 3.05) is 6.61 Å². The van der Waals surface area contributed by atoms with Crippen molar-refractivity contribution in [1.29, 1.82) is 0 Å². The molecule has 2 saturated carbocycles. The molecule has 0 aliphatic heterocycles. The molecule has 2 aromatic rings. The highest BCUT2D eigenvalue weighted by atomic mass is 19.1. The van der Waals surface area contributed by atoms with Crippen LogP contribution < -0.4 is 9.47 Å². The number of hydrogen-bond donors (Lipinski definition) is 1. The quantitative estimate of drug-likeness (QED) is 0.584. The first kappa shape index (κ1) is 20.7. The normalized spacial score (nSPS) is 22.6. The minimum Gasteiger partial charge on any atom is -0.493 e. The Balaban J connectivity index is 1.29. The highest BCUT2D eigenvalue weighted by molar-refractivity contribution is 5.71. The van der Waals surface area contributed by atoms with E-state index in [1.165, 1.54) is 6.07 Å². The van der Waals surface area contributed by atoms with Crippen LogP contribution in [0.2, 0.25) is 0 Å². The fourth-order valence-corrected chi connectivity index (χ4v) is 4.39. The summed E-state index contributed by atoms with van der Waals surface area (Å²) in [5.74, 6) is 0.509. The molecule has 4 nitrogen and oxygen atoms in total. The number of rotatable bonds is 9. The van der Waals surface area contributed by atoms with Gasteiger partial charge < -0.3 is 14.6 Å². The third-order valence-corrected chi connectivity index (χ3v) is 6.36. The molecule has 0 spiro atoms. The molecule has 0 radical (unpaired) electrons. The van der Waals surface area contributed by atoms with Crippen LogP contribution in [0, 0.1) is 30.5 Å². The van der Waals surface area contributed by atoms with Gasteiger partial charge >= 0.3 is 5.97 Å². The number of carbonyl (C=O) groups is 1. The van der Waals surface area contributed by atoms with E-state index in [0.717, 1.165) is 42.6 Å². The van der Waals surface area contributed by atoms with Gasteiger partial charge in [-0.1, -0.05) is 25.1 Å². The standard InChI is InChI=1S/C25H29FO4/c1-15-6-9-22(26)23(10-15)30-21-11-17(12-21)14-29-20-5-3-4-19(13-20)24(18-7-8-18)16(2)25(27)28/h3-6,9-10,13,16-18,21,24H,7-8,11-12,14H2,1-2H3,(H,27,28)/t16-,17?,21?,24-/m0/s1. The largest absolute Gasteiger partial charge is 0.493 e. The van der Waals surface area contributed by atoms with Crippen molar-refractivity contribution in [3.8, 4) is 11.5 Å². The van der Waals surface area contributed by atoms with Gasteiger partial charge in [0.2, 0.25) is 0 Å². The number of halogens is 1. The molecule has 0 aromatic heterocycles. The number of aliphatic carboxylic acids is 1. The molecule has 0 unspecified atom stereocenters. The maximum atomic E-state index is 13.8. The van der Waals surface area contributed by atoms with Crippen molar-refractivity contribution in [3.05, 3.63) is 59.4 Å². The highest BCUT2D eigenvalue weighted by Gasteiger charge is 2.38. The molecule has 0 saturated heterocycles. The Hall–Kier alpha value is -2.56. The number of benzene rings is 2. The lowest BCUT2D eigenvalue weighted by atomic mass is 9.82. The summed E-state index contributed by atoms with van der Waals surface area (Å²) in [6.45, 7) is 4.30. The van der Waals surface area contributed by atoms with Crippen molar-refractivity contribution >= 4 is 5.97 Å². The van der Waals surface area contributed by atoms with Crippen LogP contribution in [0.1, 0.15) is 49.7 Å². The third kappa shape index (κ3) is 4.77. The summed E-state index contributed by atoms with van der Waals surface area (Å²) in [5.41, 5.74) is 2.03. The van der Waals surface area contributed by atoms with E-state index in [4.69, 9.17) is 9.47 Å². The summed E-state index contributed by atoms with van der Waals surface area (Å²) in [7, 11) is 0. The molecule has 0 heterocycles. The van der Waals surface area contributed by atoms with Gasteiger partial charge in [0.05, 0.1) is 18.6 Å². The molecule has 2 atom stereocenters. The first-order valence-corrected chi connectivity index (χ1v) is 10.8. The summed E-state index contributed by atoms with van der Waals surface area (Å²) >= 11 is 0. The highest BCUT2D eigenvalue weighted by Crippen LogP contribution is 2.47. The number of carboxylic acids is 1. The van der Waals surface area contributed by atoms with E-state index >= 15 is 0 Å². The van der Waals surface area contributed by atoms with Crippen LogP contribution in [0.3, 0.4) is 0 Å². The SMILES string of the molecule is Cc1ccc(F)c(OC2CC(COc3cccc([C@H](C4CC4)[C@H](C)C(=O)O)c3)C2)c1. The Morgan fingerprint density at radius 1 is 1.20 bits per heavy atom. The average molecular weight is 413 g/mol. The van der Waals surface area contributed by atoms with E-state index in [1.54, 1.807) is 19.1 Å². The number of ether oxygens (including phenoxy) is 2. The van der Waals surface area contributed by atoms with E-state index in [9.17, 15) is 14.3 Å². The summed E-state index contributed by atoms with van der Waals surface area (Å²) in [5, 5.41) is 9.47. The van der Waals surface area contributed by atoms with E-state index < -0.39 is 11.9 Å². The number of hydrogen-bond acceptors (Lipinski definition) is 3. The van der Waals surface area contributed by atoms with Crippen LogP contribution in [0.25, 0.3) is 0 Å². The molecule has 30 heavy (non-hydrogen) atoms. The van der Waals surface area contributed by atoms with Gasteiger partial charge in [-0.15, -0.1) is 0 Å². The lowest BCUT2D eigenvalue weighted by Gasteiger charge is -2.35. The molecule has 1 N–H and O–H groups in total. The molecule has 4 rings (SSSR count). The Labute approximate surface area is 177 Å². The van der Waals surface area contributed by atoms with Gasteiger partial charge in [0.15, 0.2) is 11.6 Å². The molecule has 2 aliphatic rings. The van der Waals surface area contributed by atoms with Gasteiger partial charge in [-0.3, -0.25) is 4.79 Å². The molecular weight excluding hydrogens is 383 g/mol. The molecule has 160 valence electrons. The molecular formula is C25H29FO4. The maximum Gasteiger partial charge on any atom is 0.306 e. The van der Waals surface area contributed by atoms with Gasteiger partial charge in [-0.25, -0.2) is 4.39 Å². The van der Waals surface area contributed by atoms with Crippen LogP contribution in [-0.4, -0.2) is 23.8 Å². The molecule has 2 fully saturated rings. The van der Waals surface area contributed by atoms with E-state index in [2.05, 4.69) is 0 Å².